The van der Waals surface area contributed by atoms with E-state index >= 15 is 0 Å². The van der Waals surface area contributed by atoms with Gasteiger partial charge in [-0.05, 0) is 24.6 Å². The summed E-state index contributed by atoms with van der Waals surface area (Å²) in [6, 6.07) is 14.1. The number of hydrogen-bond donors (Lipinski definition) is 1. The Balaban J connectivity index is 2.26. The fraction of sp³-hybridized carbons (Fsp3) is 0.312. The molecule has 3 nitrogen and oxygen atoms in total. The van der Waals surface area contributed by atoms with Crippen LogP contribution in [-0.4, -0.2) is 4.57 Å². The van der Waals surface area contributed by atoms with Gasteiger partial charge in [-0.15, -0.1) is 0 Å². The Morgan fingerprint density at radius 3 is 2.65 bits per heavy atom. The Morgan fingerprint density at radius 1 is 1.25 bits per heavy atom. The summed E-state index contributed by atoms with van der Waals surface area (Å²) in [6.07, 6.45) is 3.40. The van der Waals surface area contributed by atoms with Gasteiger partial charge in [0.15, 0.2) is 0 Å². The summed E-state index contributed by atoms with van der Waals surface area (Å²) in [5.74, 6) is 0. The number of anilines is 1. The van der Waals surface area contributed by atoms with Crippen LogP contribution in [0.15, 0.2) is 46.3 Å². The number of benzene rings is 1. The molecule has 0 atom stereocenters. The van der Waals surface area contributed by atoms with E-state index in [9.17, 15) is 5.26 Å². The predicted molar refractivity (Wildman–Crippen MR) is 83.6 cm³/mol. The van der Waals surface area contributed by atoms with Crippen LogP contribution < -0.4 is 5.73 Å². The normalized spacial score (nSPS) is 10.4. The first-order valence-corrected chi connectivity index (χ1v) is 7.70. The molecule has 0 unspecified atom stereocenters. The first-order valence-electron chi connectivity index (χ1n) is 6.88. The molecule has 1 aromatic heterocycles. The molecule has 0 saturated carbocycles. The van der Waals surface area contributed by atoms with Crippen LogP contribution in [0.4, 0.5) is 5.69 Å². The van der Waals surface area contributed by atoms with Gasteiger partial charge in [0.25, 0.3) is 0 Å². The fourth-order valence-corrected chi connectivity index (χ4v) is 3.09. The van der Waals surface area contributed by atoms with Crippen molar-refractivity contribution in [3.05, 3.63) is 42.1 Å². The largest absolute Gasteiger partial charge is 0.397 e. The van der Waals surface area contributed by atoms with Crippen LogP contribution in [0.25, 0.3) is 0 Å². The molecule has 104 valence electrons. The van der Waals surface area contributed by atoms with E-state index < -0.39 is 0 Å². The first-order chi connectivity index (χ1) is 9.76. The molecule has 0 saturated heterocycles. The summed E-state index contributed by atoms with van der Waals surface area (Å²) in [7, 11) is 0. The number of nitriles is 1. The summed E-state index contributed by atoms with van der Waals surface area (Å²) in [5.41, 5.74) is 7.41. The minimum atomic E-state index is 0.650. The van der Waals surface area contributed by atoms with E-state index in [-0.39, 0.29) is 0 Å². The Bertz CT molecular complexity index is 596. The van der Waals surface area contributed by atoms with Gasteiger partial charge in [-0.25, -0.2) is 0 Å². The van der Waals surface area contributed by atoms with Crippen molar-refractivity contribution in [1.29, 1.82) is 5.26 Å². The number of nitrogen functional groups attached to an aromatic ring is 1. The van der Waals surface area contributed by atoms with Gasteiger partial charge < -0.3 is 10.3 Å². The number of nitrogens with zero attached hydrogens (tertiary/aromatic N) is 2. The van der Waals surface area contributed by atoms with Gasteiger partial charge in [0, 0.05) is 11.4 Å². The van der Waals surface area contributed by atoms with Crippen molar-refractivity contribution in [2.45, 2.75) is 42.7 Å². The number of hydrogen-bond acceptors (Lipinski definition) is 3. The number of rotatable bonds is 6. The molecular weight excluding hydrogens is 266 g/mol. The maximum absolute atomic E-state index is 9.24. The lowest BCUT2D eigenvalue weighted by atomic mass is 10.2. The van der Waals surface area contributed by atoms with Crippen LogP contribution in [0.2, 0.25) is 0 Å². The van der Waals surface area contributed by atoms with Crippen molar-refractivity contribution in [1.82, 2.24) is 4.57 Å². The smallest absolute Gasteiger partial charge is 0.123 e. The average molecular weight is 285 g/mol. The molecule has 2 aromatic rings. The molecule has 0 spiro atoms. The average Bonchev–Trinajstić information content (AvgIpc) is 2.77. The van der Waals surface area contributed by atoms with Crippen molar-refractivity contribution in [3.63, 3.8) is 0 Å². The van der Waals surface area contributed by atoms with Gasteiger partial charge in [-0.2, -0.15) is 5.26 Å². The molecule has 0 radical (unpaired) electrons. The van der Waals surface area contributed by atoms with Crippen LogP contribution in [0, 0.1) is 11.3 Å². The predicted octanol–water partition coefficient (Wildman–Crippen LogP) is 4.28. The monoisotopic (exact) mass is 285 g/mol. The summed E-state index contributed by atoms with van der Waals surface area (Å²) < 4.78 is 2.04. The van der Waals surface area contributed by atoms with Gasteiger partial charge in [-0.1, -0.05) is 49.7 Å². The van der Waals surface area contributed by atoms with Gasteiger partial charge in [0.1, 0.15) is 16.8 Å². The van der Waals surface area contributed by atoms with E-state index in [1.807, 2.05) is 22.8 Å². The quantitative estimate of drug-likeness (QED) is 0.806. The molecule has 0 aliphatic rings. The van der Waals surface area contributed by atoms with Gasteiger partial charge in [0.05, 0.1) is 5.69 Å². The summed E-state index contributed by atoms with van der Waals surface area (Å²) >= 11 is 1.62. The van der Waals surface area contributed by atoms with Crippen molar-refractivity contribution in [2.24, 2.45) is 0 Å². The highest BCUT2D eigenvalue weighted by molar-refractivity contribution is 7.99. The Hall–Kier alpha value is -1.86. The lowest BCUT2D eigenvalue weighted by molar-refractivity contribution is 0.572. The maximum atomic E-state index is 9.24. The molecule has 1 aromatic carbocycles. The third-order valence-electron chi connectivity index (χ3n) is 3.13. The third-order valence-corrected chi connectivity index (χ3v) is 4.29. The standard InChI is InChI=1S/C16H19N3S/c1-2-3-7-10-19-13(12-17)11-15(18)16(19)20-14-8-5-4-6-9-14/h4-6,8-9,11H,2-3,7,10,18H2,1H3. The van der Waals surface area contributed by atoms with Crippen molar-refractivity contribution >= 4 is 17.4 Å². The summed E-state index contributed by atoms with van der Waals surface area (Å²) in [6.45, 7) is 3.03. The van der Waals surface area contributed by atoms with E-state index in [1.54, 1.807) is 17.8 Å². The van der Waals surface area contributed by atoms with E-state index in [1.165, 1.54) is 12.8 Å². The second-order valence-electron chi connectivity index (χ2n) is 4.68. The molecule has 1 heterocycles. The van der Waals surface area contributed by atoms with Gasteiger partial charge in [-0.3, -0.25) is 0 Å². The maximum Gasteiger partial charge on any atom is 0.123 e. The van der Waals surface area contributed by atoms with Gasteiger partial charge in [0.2, 0.25) is 0 Å². The first kappa shape index (κ1) is 14.5. The van der Waals surface area contributed by atoms with Gasteiger partial charge >= 0.3 is 0 Å². The van der Waals surface area contributed by atoms with E-state index in [2.05, 4.69) is 25.1 Å². The summed E-state index contributed by atoms with van der Waals surface area (Å²) in [4.78, 5) is 1.14. The molecule has 2 rings (SSSR count). The van der Waals surface area contributed by atoms with Crippen molar-refractivity contribution in [2.75, 3.05) is 5.73 Å². The van der Waals surface area contributed by atoms with E-state index in [4.69, 9.17) is 5.73 Å². The SMILES string of the molecule is CCCCCn1c(C#N)cc(N)c1Sc1ccccc1. The van der Waals surface area contributed by atoms with Crippen LogP contribution in [0.1, 0.15) is 31.9 Å². The van der Waals surface area contributed by atoms with Crippen LogP contribution in [-0.2, 0) is 6.54 Å². The van der Waals surface area contributed by atoms with Crippen molar-refractivity contribution < 1.29 is 0 Å². The minimum absolute atomic E-state index is 0.650. The fourth-order valence-electron chi connectivity index (χ4n) is 2.10. The minimum Gasteiger partial charge on any atom is -0.397 e. The molecule has 0 fully saturated rings. The zero-order chi connectivity index (χ0) is 14.4. The molecule has 4 heteroatoms. The van der Waals surface area contributed by atoms with Crippen LogP contribution >= 0.6 is 11.8 Å². The second kappa shape index (κ2) is 7.06. The molecule has 20 heavy (non-hydrogen) atoms. The number of unbranched alkanes of at least 4 members (excludes halogenated alkanes) is 2. The Kier molecular flexibility index (Phi) is 5.14. The zero-order valence-corrected chi connectivity index (χ0v) is 12.5. The molecular formula is C16H19N3S. The lowest BCUT2D eigenvalue weighted by Crippen LogP contribution is -2.03. The molecule has 2 N–H and O–H groups in total. The van der Waals surface area contributed by atoms with Crippen LogP contribution in [0.3, 0.4) is 0 Å². The highest BCUT2D eigenvalue weighted by atomic mass is 32.2. The highest BCUT2D eigenvalue weighted by Gasteiger charge is 2.14. The Morgan fingerprint density at radius 2 is 2.00 bits per heavy atom. The lowest BCUT2D eigenvalue weighted by Gasteiger charge is -2.10. The van der Waals surface area contributed by atoms with E-state index in [0.29, 0.717) is 11.4 Å². The van der Waals surface area contributed by atoms with Crippen LogP contribution in [0.5, 0.6) is 0 Å². The highest BCUT2D eigenvalue weighted by Crippen LogP contribution is 2.34. The second-order valence-corrected chi connectivity index (χ2v) is 5.74. The number of aromatic nitrogens is 1. The molecule has 0 aliphatic heterocycles. The summed E-state index contributed by atoms with van der Waals surface area (Å²) in [5, 5.41) is 10.2. The Labute approximate surface area is 124 Å². The zero-order valence-electron chi connectivity index (χ0n) is 11.7. The third kappa shape index (κ3) is 3.37. The molecule has 0 bridgehead atoms. The molecule has 0 aliphatic carbocycles. The number of nitrogens with two attached hydrogens (primary N) is 1. The molecule has 0 amide bonds. The van der Waals surface area contributed by atoms with E-state index in [0.717, 1.165) is 22.9 Å². The topological polar surface area (TPSA) is 54.7 Å². The van der Waals surface area contributed by atoms with Crippen molar-refractivity contribution in [3.8, 4) is 6.07 Å².